The molecule has 5 rings (SSSR count). The Morgan fingerprint density at radius 1 is 0.820 bits per heavy atom. The lowest BCUT2D eigenvalue weighted by atomic mass is 10.00. The van der Waals surface area contributed by atoms with E-state index in [9.17, 15) is 24.3 Å². The molecule has 0 unspecified atom stereocenters. The van der Waals surface area contributed by atoms with Crippen molar-refractivity contribution in [3.05, 3.63) is 133 Å². The fourth-order valence-corrected chi connectivity index (χ4v) is 6.36. The highest BCUT2D eigenvalue weighted by molar-refractivity contribution is 6.42. The number of hydrogen-bond acceptors (Lipinski definition) is 6. The fraction of sp³-hybridized carbons (Fsp3) is 0.243. The summed E-state index contributed by atoms with van der Waals surface area (Å²) < 4.78 is 5.60. The second-order valence-electron chi connectivity index (χ2n) is 11.7. The number of rotatable bonds is 15. The molecule has 0 spiro atoms. The molecule has 9 nitrogen and oxygen atoms in total. The molecule has 2 atom stereocenters. The molecule has 50 heavy (non-hydrogen) atoms. The topological polar surface area (TPSA) is 116 Å². The smallest absolute Gasteiger partial charge is 0.261 e. The molecule has 260 valence electrons. The number of benzene rings is 4. The first-order valence-electron chi connectivity index (χ1n) is 15.8. The molecule has 0 bridgehead atoms. The van der Waals surface area contributed by atoms with Crippen LogP contribution in [-0.4, -0.2) is 76.9 Å². The second-order valence-corrected chi connectivity index (χ2v) is 13.3. The number of nitrogens with zero attached hydrogens (tertiary/aromatic N) is 2. The summed E-state index contributed by atoms with van der Waals surface area (Å²) in [4.78, 5) is 55.2. The highest BCUT2D eigenvalue weighted by Gasteiger charge is 2.35. The molecule has 1 aliphatic rings. The molecular weight excluding hydrogens is 724 g/mol. The SMILES string of the molecule is O=C(COc1ccc(Cl)c(Cl)c1)N[C@@H](Cc1ccccc1)[C@@H](O)CN(CCc1ccc(Cl)cc1Cl)C(=O)CCN1C(=O)c2ccccc2C1=O. The van der Waals surface area contributed by atoms with E-state index in [-0.39, 0.29) is 55.2 Å². The van der Waals surface area contributed by atoms with Crippen LogP contribution in [0.25, 0.3) is 0 Å². The zero-order valence-corrected chi connectivity index (χ0v) is 29.7. The van der Waals surface area contributed by atoms with Crippen LogP contribution in [0.2, 0.25) is 20.1 Å². The normalized spacial score (nSPS) is 13.5. The molecule has 2 N–H and O–H groups in total. The van der Waals surface area contributed by atoms with Crippen LogP contribution in [0.4, 0.5) is 0 Å². The monoisotopic (exact) mass is 755 g/mol. The van der Waals surface area contributed by atoms with Crippen molar-refractivity contribution in [2.45, 2.75) is 31.4 Å². The van der Waals surface area contributed by atoms with Crippen molar-refractivity contribution in [2.24, 2.45) is 0 Å². The molecule has 4 aromatic rings. The maximum absolute atomic E-state index is 13.8. The van der Waals surface area contributed by atoms with Crippen LogP contribution >= 0.6 is 46.4 Å². The lowest BCUT2D eigenvalue weighted by Crippen LogP contribution is -2.52. The summed E-state index contributed by atoms with van der Waals surface area (Å²) in [7, 11) is 0. The maximum atomic E-state index is 13.8. The van der Waals surface area contributed by atoms with Gasteiger partial charge >= 0.3 is 0 Å². The Morgan fingerprint density at radius 2 is 1.50 bits per heavy atom. The van der Waals surface area contributed by atoms with Gasteiger partial charge in [0.05, 0.1) is 33.3 Å². The van der Waals surface area contributed by atoms with Crippen molar-refractivity contribution in [1.82, 2.24) is 15.1 Å². The first-order chi connectivity index (χ1) is 24.0. The summed E-state index contributed by atoms with van der Waals surface area (Å²) in [6, 6.07) is 24.6. The summed E-state index contributed by atoms with van der Waals surface area (Å²) in [6.07, 6.45) is -0.831. The largest absolute Gasteiger partial charge is 0.484 e. The Morgan fingerprint density at radius 3 is 2.16 bits per heavy atom. The number of carbonyl (C=O) groups excluding carboxylic acids is 4. The van der Waals surface area contributed by atoms with Gasteiger partial charge in [0.25, 0.3) is 17.7 Å². The number of halogens is 4. The van der Waals surface area contributed by atoms with Crippen molar-refractivity contribution in [1.29, 1.82) is 0 Å². The van der Waals surface area contributed by atoms with Crippen LogP contribution in [0.15, 0.2) is 91.0 Å². The average molecular weight is 757 g/mol. The highest BCUT2D eigenvalue weighted by Crippen LogP contribution is 2.27. The van der Waals surface area contributed by atoms with Gasteiger partial charge in [0, 0.05) is 42.2 Å². The van der Waals surface area contributed by atoms with Crippen LogP contribution in [0.5, 0.6) is 5.75 Å². The molecule has 4 aromatic carbocycles. The number of fused-ring (bicyclic) bond motifs is 1. The number of ether oxygens (including phenoxy) is 1. The number of aliphatic hydroxyl groups excluding tert-OH is 1. The van der Waals surface area contributed by atoms with Crippen LogP contribution in [0, 0.1) is 0 Å². The number of carbonyl (C=O) groups is 4. The van der Waals surface area contributed by atoms with Crippen molar-refractivity contribution in [3.8, 4) is 5.75 Å². The first-order valence-corrected chi connectivity index (χ1v) is 17.3. The van der Waals surface area contributed by atoms with Gasteiger partial charge in [0.1, 0.15) is 5.75 Å². The summed E-state index contributed by atoms with van der Waals surface area (Å²) in [5, 5.41) is 16.0. The minimum atomic E-state index is -1.23. The molecule has 0 aromatic heterocycles. The van der Waals surface area contributed by atoms with E-state index >= 15 is 0 Å². The van der Waals surface area contributed by atoms with E-state index < -0.39 is 35.8 Å². The van der Waals surface area contributed by atoms with Crippen molar-refractivity contribution in [3.63, 3.8) is 0 Å². The third kappa shape index (κ3) is 9.56. The van der Waals surface area contributed by atoms with E-state index in [1.54, 1.807) is 54.6 Å². The van der Waals surface area contributed by atoms with Gasteiger partial charge in [-0.2, -0.15) is 0 Å². The highest BCUT2D eigenvalue weighted by atomic mass is 35.5. The van der Waals surface area contributed by atoms with Crippen molar-refractivity contribution >= 4 is 70.0 Å². The lowest BCUT2D eigenvalue weighted by Gasteiger charge is -2.31. The quantitative estimate of drug-likeness (QED) is 0.134. The molecule has 4 amide bonds. The molecule has 0 saturated heterocycles. The van der Waals surface area contributed by atoms with Gasteiger partial charge in [-0.05, 0) is 60.4 Å². The standard InChI is InChI=1S/C37H33Cl4N3O6/c38-25-11-10-24(30(40)19-25)14-16-43(35(47)15-17-44-36(48)27-8-4-5-9-28(27)37(44)49)21-33(45)32(18-23-6-2-1-3-7-23)42-34(46)22-50-26-12-13-29(39)31(41)20-26/h1-13,19-20,32-33,45H,14-18,21-22H2,(H,42,46)/t32-,33-/m0/s1. The van der Waals surface area contributed by atoms with Crippen molar-refractivity contribution < 1.29 is 29.0 Å². The van der Waals surface area contributed by atoms with E-state index in [0.29, 0.717) is 27.2 Å². The molecule has 0 aliphatic carbocycles. The number of nitrogens with one attached hydrogen (secondary N) is 1. The third-order valence-electron chi connectivity index (χ3n) is 8.22. The fourth-order valence-electron chi connectivity index (χ4n) is 5.57. The van der Waals surface area contributed by atoms with Crippen LogP contribution < -0.4 is 10.1 Å². The lowest BCUT2D eigenvalue weighted by molar-refractivity contribution is -0.133. The number of amides is 4. The molecule has 1 aliphatic heterocycles. The first kappa shape index (κ1) is 37.1. The van der Waals surface area contributed by atoms with Gasteiger partial charge in [0.15, 0.2) is 6.61 Å². The van der Waals surface area contributed by atoms with Gasteiger partial charge in [0.2, 0.25) is 5.91 Å². The van der Waals surface area contributed by atoms with Crippen molar-refractivity contribution in [2.75, 3.05) is 26.2 Å². The summed E-state index contributed by atoms with van der Waals surface area (Å²) in [5.41, 5.74) is 2.16. The Balaban J connectivity index is 1.31. The van der Waals surface area contributed by atoms with E-state index in [1.165, 1.54) is 11.0 Å². The average Bonchev–Trinajstić information content (AvgIpc) is 3.35. The molecule has 0 saturated carbocycles. The summed E-state index contributed by atoms with van der Waals surface area (Å²) in [5.74, 6) is -1.50. The predicted molar refractivity (Wildman–Crippen MR) is 193 cm³/mol. The van der Waals surface area contributed by atoms with Gasteiger partial charge in [-0.1, -0.05) is 94.9 Å². The number of hydrogen-bond donors (Lipinski definition) is 2. The molecular formula is C37H33Cl4N3O6. The molecule has 0 radical (unpaired) electrons. The zero-order chi connectivity index (χ0) is 35.8. The Labute approximate surface area is 309 Å². The number of aliphatic hydroxyl groups is 1. The second kappa shape index (κ2) is 17.2. The predicted octanol–water partition coefficient (Wildman–Crippen LogP) is 6.53. The van der Waals surface area contributed by atoms with Gasteiger partial charge in [-0.25, -0.2) is 0 Å². The van der Waals surface area contributed by atoms with Crippen LogP contribution in [-0.2, 0) is 22.4 Å². The Bertz CT molecular complexity index is 1840. The minimum Gasteiger partial charge on any atom is -0.484 e. The molecule has 0 fully saturated rings. The van der Waals surface area contributed by atoms with Crippen LogP contribution in [0.3, 0.4) is 0 Å². The van der Waals surface area contributed by atoms with Gasteiger partial charge in [-0.15, -0.1) is 0 Å². The Kier molecular flexibility index (Phi) is 12.8. The van der Waals surface area contributed by atoms with E-state index in [1.807, 2.05) is 30.3 Å². The van der Waals surface area contributed by atoms with E-state index in [2.05, 4.69) is 5.32 Å². The summed E-state index contributed by atoms with van der Waals surface area (Å²) >= 11 is 24.5. The van der Waals surface area contributed by atoms with E-state index in [4.69, 9.17) is 51.1 Å². The van der Waals surface area contributed by atoms with Crippen LogP contribution in [0.1, 0.15) is 38.3 Å². The molecule has 13 heteroatoms. The van der Waals surface area contributed by atoms with Gasteiger partial charge < -0.3 is 20.1 Å². The number of imide groups is 1. The maximum Gasteiger partial charge on any atom is 0.261 e. The van der Waals surface area contributed by atoms with E-state index in [0.717, 1.165) is 16.0 Å². The summed E-state index contributed by atoms with van der Waals surface area (Å²) in [6.45, 7) is -0.535. The molecule has 1 heterocycles. The zero-order valence-electron chi connectivity index (χ0n) is 26.7. The third-order valence-corrected chi connectivity index (χ3v) is 9.55. The Hall–Kier alpha value is -4.12. The minimum absolute atomic E-state index is 0.143. The van der Waals surface area contributed by atoms with Gasteiger partial charge in [-0.3, -0.25) is 24.1 Å².